The molecule has 0 bridgehead atoms. The third-order valence-electron chi connectivity index (χ3n) is 3.90. The number of morpholine rings is 1. The number of non-ortho nitro benzene ring substituents is 1. The molecular weight excluding hydrogens is 270 g/mol. The van der Waals surface area contributed by atoms with Crippen LogP contribution in [-0.4, -0.2) is 48.7 Å². The van der Waals surface area contributed by atoms with Crippen molar-refractivity contribution in [2.45, 2.75) is 32.0 Å². The van der Waals surface area contributed by atoms with Crippen molar-refractivity contribution in [2.24, 2.45) is 0 Å². The first-order chi connectivity index (χ1) is 10.0. The van der Waals surface area contributed by atoms with Crippen LogP contribution in [0.15, 0.2) is 24.3 Å². The summed E-state index contributed by atoms with van der Waals surface area (Å²) in [6.07, 6.45) is 0.0487. The quantitative estimate of drug-likeness (QED) is 0.664. The number of nitro benzene ring substituents is 1. The fourth-order valence-corrected chi connectivity index (χ4v) is 2.90. The van der Waals surface area contributed by atoms with Crippen molar-refractivity contribution in [3.05, 3.63) is 39.9 Å². The first kappa shape index (κ1) is 15.9. The maximum atomic E-state index is 10.8. The monoisotopic (exact) mass is 293 g/mol. The normalized spacial score (nSPS) is 23.4. The zero-order valence-corrected chi connectivity index (χ0v) is 12.8. The molecule has 2 rings (SSSR count). The van der Waals surface area contributed by atoms with Crippen molar-refractivity contribution in [3.8, 4) is 0 Å². The number of rotatable bonds is 5. The lowest BCUT2D eigenvalue weighted by Gasteiger charge is -2.43. The van der Waals surface area contributed by atoms with E-state index in [1.165, 1.54) is 0 Å². The molecule has 1 aliphatic rings. The minimum Gasteiger partial charge on any atom is -0.374 e. The topological polar surface area (TPSA) is 67.6 Å². The van der Waals surface area contributed by atoms with E-state index in [2.05, 4.69) is 24.1 Å². The molecule has 1 aromatic rings. The lowest BCUT2D eigenvalue weighted by molar-refractivity contribution is -0.384. The van der Waals surface area contributed by atoms with Gasteiger partial charge in [0.1, 0.15) is 0 Å². The fourth-order valence-electron chi connectivity index (χ4n) is 2.90. The van der Waals surface area contributed by atoms with Gasteiger partial charge in [-0.2, -0.15) is 0 Å². The highest BCUT2D eigenvalue weighted by Gasteiger charge is 2.34. The standard InChI is InChI=1S/C15H23N3O3/c1-11(2)17-8-9-21-14(10-16-3)15(17)12-4-6-13(7-5-12)18(19)20/h4-7,11,14-16H,8-10H2,1-3H3. The third-order valence-corrected chi connectivity index (χ3v) is 3.90. The summed E-state index contributed by atoms with van der Waals surface area (Å²) in [7, 11) is 1.91. The molecule has 1 N–H and O–H groups in total. The van der Waals surface area contributed by atoms with Gasteiger partial charge in [-0.15, -0.1) is 0 Å². The molecule has 0 saturated carbocycles. The Balaban J connectivity index is 2.30. The Bertz CT molecular complexity index is 474. The summed E-state index contributed by atoms with van der Waals surface area (Å²) in [5, 5.41) is 14.0. The number of nitro groups is 1. The summed E-state index contributed by atoms with van der Waals surface area (Å²) < 4.78 is 5.91. The largest absolute Gasteiger partial charge is 0.374 e. The average molecular weight is 293 g/mol. The number of benzene rings is 1. The molecule has 1 aromatic carbocycles. The third kappa shape index (κ3) is 3.58. The Kier molecular flexibility index (Phi) is 5.27. The first-order valence-electron chi connectivity index (χ1n) is 7.31. The van der Waals surface area contributed by atoms with Crippen LogP contribution in [0.2, 0.25) is 0 Å². The first-order valence-corrected chi connectivity index (χ1v) is 7.31. The molecule has 1 heterocycles. The van der Waals surface area contributed by atoms with Crippen LogP contribution >= 0.6 is 0 Å². The Labute approximate surface area is 125 Å². The number of nitrogens with one attached hydrogen (secondary N) is 1. The van der Waals surface area contributed by atoms with E-state index >= 15 is 0 Å². The summed E-state index contributed by atoms with van der Waals surface area (Å²) in [5.74, 6) is 0. The maximum Gasteiger partial charge on any atom is 0.269 e. The Morgan fingerprint density at radius 1 is 1.43 bits per heavy atom. The molecule has 21 heavy (non-hydrogen) atoms. The summed E-state index contributed by atoms with van der Waals surface area (Å²) in [6, 6.07) is 7.34. The van der Waals surface area contributed by atoms with Gasteiger partial charge in [0.2, 0.25) is 0 Å². The fraction of sp³-hybridized carbons (Fsp3) is 0.600. The molecule has 116 valence electrons. The van der Waals surface area contributed by atoms with Crippen LogP contribution in [-0.2, 0) is 4.74 Å². The molecule has 0 spiro atoms. The second-order valence-corrected chi connectivity index (χ2v) is 5.59. The van der Waals surface area contributed by atoms with Gasteiger partial charge in [-0.25, -0.2) is 0 Å². The molecule has 0 aromatic heterocycles. The molecular formula is C15H23N3O3. The summed E-state index contributed by atoms with van der Waals surface area (Å²) in [6.45, 7) is 6.68. The van der Waals surface area contributed by atoms with E-state index in [4.69, 9.17) is 4.74 Å². The van der Waals surface area contributed by atoms with Crippen LogP contribution in [0.3, 0.4) is 0 Å². The van der Waals surface area contributed by atoms with E-state index in [0.717, 1.165) is 18.7 Å². The van der Waals surface area contributed by atoms with Crippen molar-refractivity contribution in [3.63, 3.8) is 0 Å². The van der Waals surface area contributed by atoms with Crippen molar-refractivity contribution in [2.75, 3.05) is 26.7 Å². The molecule has 0 radical (unpaired) electrons. The maximum absolute atomic E-state index is 10.8. The molecule has 1 aliphatic heterocycles. The Hall–Kier alpha value is -1.50. The zero-order valence-electron chi connectivity index (χ0n) is 12.8. The predicted octanol–water partition coefficient (Wildman–Crippen LogP) is 1.96. The SMILES string of the molecule is CNCC1OCCN(C(C)C)C1c1ccc([N+](=O)[O-])cc1. The van der Waals surface area contributed by atoms with Crippen LogP contribution in [0.25, 0.3) is 0 Å². The molecule has 0 aliphatic carbocycles. The number of nitrogens with zero attached hydrogens (tertiary/aromatic N) is 2. The van der Waals surface area contributed by atoms with Gasteiger partial charge in [0.05, 0.1) is 23.7 Å². The van der Waals surface area contributed by atoms with Crippen LogP contribution < -0.4 is 5.32 Å². The second-order valence-electron chi connectivity index (χ2n) is 5.59. The molecule has 1 saturated heterocycles. The van der Waals surface area contributed by atoms with Crippen LogP contribution in [0.4, 0.5) is 5.69 Å². The minimum absolute atomic E-state index is 0.0487. The van der Waals surface area contributed by atoms with E-state index in [0.29, 0.717) is 12.6 Å². The van der Waals surface area contributed by atoms with Gasteiger partial charge in [-0.1, -0.05) is 12.1 Å². The van der Waals surface area contributed by atoms with Crippen LogP contribution in [0.1, 0.15) is 25.5 Å². The van der Waals surface area contributed by atoms with E-state index < -0.39 is 0 Å². The highest BCUT2D eigenvalue weighted by Crippen LogP contribution is 2.31. The number of hydrogen-bond donors (Lipinski definition) is 1. The highest BCUT2D eigenvalue weighted by atomic mass is 16.6. The number of ether oxygens (including phenoxy) is 1. The molecule has 0 amide bonds. The van der Waals surface area contributed by atoms with E-state index in [9.17, 15) is 10.1 Å². The van der Waals surface area contributed by atoms with Gasteiger partial charge in [0.15, 0.2) is 0 Å². The summed E-state index contributed by atoms with van der Waals surface area (Å²) in [4.78, 5) is 12.8. The molecule has 6 nitrogen and oxygen atoms in total. The Morgan fingerprint density at radius 2 is 2.10 bits per heavy atom. The van der Waals surface area contributed by atoms with Gasteiger partial charge in [-0.05, 0) is 26.5 Å². The van der Waals surface area contributed by atoms with Gasteiger partial charge in [0, 0.05) is 31.3 Å². The zero-order chi connectivity index (χ0) is 15.4. The van der Waals surface area contributed by atoms with Crippen molar-refractivity contribution in [1.82, 2.24) is 10.2 Å². The molecule has 2 atom stereocenters. The minimum atomic E-state index is -0.369. The van der Waals surface area contributed by atoms with Crippen LogP contribution in [0, 0.1) is 10.1 Å². The lowest BCUT2D eigenvalue weighted by Crippen LogP contribution is -2.51. The number of hydrogen-bond acceptors (Lipinski definition) is 5. The van der Waals surface area contributed by atoms with Gasteiger partial charge >= 0.3 is 0 Å². The van der Waals surface area contributed by atoms with E-state index in [1.807, 2.05) is 19.2 Å². The summed E-state index contributed by atoms with van der Waals surface area (Å²) in [5.41, 5.74) is 1.19. The van der Waals surface area contributed by atoms with Gasteiger partial charge in [-0.3, -0.25) is 15.0 Å². The highest BCUT2D eigenvalue weighted by molar-refractivity contribution is 5.35. The van der Waals surface area contributed by atoms with E-state index in [1.54, 1.807) is 12.1 Å². The molecule has 6 heteroatoms. The molecule has 1 fully saturated rings. The second kappa shape index (κ2) is 6.98. The van der Waals surface area contributed by atoms with E-state index in [-0.39, 0.29) is 22.8 Å². The molecule has 2 unspecified atom stereocenters. The predicted molar refractivity (Wildman–Crippen MR) is 81.3 cm³/mol. The number of likely N-dealkylation sites (N-methyl/N-ethyl adjacent to an activating group) is 1. The van der Waals surface area contributed by atoms with Crippen molar-refractivity contribution >= 4 is 5.69 Å². The van der Waals surface area contributed by atoms with Crippen molar-refractivity contribution < 1.29 is 9.66 Å². The smallest absolute Gasteiger partial charge is 0.269 e. The van der Waals surface area contributed by atoms with Gasteiger partial charge in [0.25, 0.3) is 5.69 Å². The summed E-state index contributed by atoms with van der Waals surface area (Å²) >= 11 is 0. The van der Waals surface area contributed by atoms with Crippen molar-refractivity contribution in [1.29, 1.82) is 0 Å². The van der Waals surface area contributed by atoms with Gasteiger partial charge < -0.3 is 10.1 Å². The lowest BCUT2D eigenvalue weighted by atomic mass is 9.96. The average Bonchev–Trinajstić information content (AvgIpc) is 2.47. The van der Waals surface area contributed by atoms with Crippen LogP contribution in [0.5, 0.6) is 0 Å². The Morgan fingerprint density at radius 3 is 2.62 bits per heavy atom.